The molecule has 2 atom stereocenters. The number of aromatic hydroxyl groups is 2. The molecule has 4 aromatic rings. The van der Waals surface area contributed by atoms with Crippen molar-refractivity contribution in [1.82, 2.24) is 0 Å². The summed E-state index contributed by atoms with van der Waals surface area (Å²) in [6.07, 6.45) is 4.61. The molecule has 0 aromatic heterocycles. The quantitative estimate of drug-likeness (QED) is 0.179. The van der Waals surface area contributed by atoms with Gasteiger partial charge in [-0.2, -0.15) is 0 Å². The minimum absolute atomic E-state index is 0.116. The first-order chi connectivity index (χ1) is 23.3. The number of carbonyl (C=O) groups is 4. The van der Waals surface area contributed by atoms with Crippen LogP contribution in [-0.2, 0) is 19.2 Å². The van der Waals surface area contributed by atoms with Crippen LogP contribution in [0.3, 0.4) is 0 Å². The average Bonchev–Trinajstić information content (AvgIpc) is 3.51. The molecule has 0 aliphatic carbocycles. The number of carbonyl (C=O) groups excluding carboxylic acids is 4. The van der Waals surface area contributed by atoms with Gasteiger partial charge in [0.15, 0.2) is 0 Å². The van der Waals surface area contributed by atoms with Gasteiger partial charge in [0.05, 0.1) is 22.7 Å². The molecule has 4 amide bonds. The first-order valence-corrected chi connectivity index (χ1v) is 16.3. The molecule has 6 rings (SSSR count). The van der Waals surface area contributed by atoms with Crippen molar-refractivity contribution in [3.63, 3.8) is 0 Å². The number of hydrazine groups is 2. The maximum absolute atomic E-state index is 12.9. The Labute approximate surface area is 280 Å². The summed E-state index contributed by atoms with van der Waals surface area (Å²) in [4.78, 5) is 51.6. The second-order valence-corrected chi connectivity index (χ2v) is 11.7. The summed E-state index contributed by atoms with van der Waals surface area (Å²) >= 11 is 0. The van der Waals surface area contributed by atoms with E-state index in [1.54, 1.807) is 48.5 Å². The van der Waals surface area contributed by atoms with Gasteiger partial charge >= 0.3 is 0 Å². The van der Waals surface area contributed by atoms with Crippen molar-refractivity contribution >= 4 is 46.4 Å². The fourth-order valence-corrected chi connectivity index (χ4v) is 5.80. The molecule has 2 fully saturated rings. The Morgan fingerprint density at radius 1 is 0.438 bits per heavy atom. The van der Waals surface area contributed by atoms with E-state index in [0.29, 0.717) is 35.6 Å². The molecule has 0 radical (unpaired) electrons. The molecule has 2 heterocycles. The van der Waals surface area contributed by atoms with Crippen LogP contribution < -0.4 is 20.0 Å². The molecule has 2 aliphatic heterocycles. The van der Waals surface area contributed by atoms with Crippen molar-refractivity contribution in [2.24, 2.45) is 11.8 Å². The van der Waals surface area contributed by atoms with Gasteiger partial charge in [-0.1, -0.05) is 75.9 Å². The molecule has 0 bridgehead atoms. The van der Waals surface area contributed by atoms with Gasteiger partial charge in [-0.3, -0.25) is 19.2 Å². The number of hydrogen-bond acceptors (Lipinski definition) is 6. The van der Waals surface area contributed by atoms with Crippen LogP contribution in [0.1, 0.15) is 52.4 Å². The minimum atomic E-state index is -0.654. The molecule has 0 saturated carbocycles. The van der Waals surface area contributed by atoms with Crippen molar-refractivity contribution < 1.29 is 29.4 Å². The van der Waals surface area contributed by atoms with Gasteiger partial charge in [0, 0.05) is 0 Å². The van der Waals surface area contributed by atoms with Gasteiger partial charge in [0.25, 0.3) is 23.6 Å². The highest BCUT2D eigenvalue weighted by Crippen LogP contribution is 2.36. The monoisotopic (exact) mass is 648 g/mol. The number of rotatable bonds is 10. The predicted molar refractivity (Wildman–Crippen MR) is 185 cm³/mol. The van der Waals surface area contributed by atoms with E-state index < -0.39 is 11.8 Å². The third-order valence-electron chi connectivity index (χ3n) is 8.31. The van der Waals surface area contributed by atoms with E-state index in [9.17, 15) is 29.4 Å². The maximum Gasteiger partial charge on any atom is 0.258 e. The Hall–Kier alpha value is -5.64. The number of hydrogen-bond donors (Lipinski definition) is 2. The van der Waals surface area contributed by atoms with Crippen molar-refractivity contribution in [3.8, 4) is 11.5 Å². The fraction of sp³-hybridized carbons (Fsp3) is 0.263. The fourth-order valence-electron chi connectivity index (χ4n) is 5.80. The van der Waals surface area contributed by atoms with Crippen LogP contribution in [0.4, 0.5) is 22.7 Å². The molecular formula is C38H40N4O6. The third kappa shape index (κ3) is 7.02. The number of amides is 4. The van der Waals surface area contributed by atoms with Crippen LogP contribution in [0.5, 0.6) is 11.5 Å². The number of nitrogens with zero attached hydrogens (tertiary/aromatic N) is 4. The number of phenolic OH excluding ortho intramolecular Hbond substituents is 2. The smallest absolute Gasteiger partial charge is 0.258 e. The van der Waals surface area contributed by atoms with Crippen molar-refractivity contribution in [2.45, 2.75) is 52.4 Å². The molecule has 2 N–H and O–H groups in total. The van der Waals surface area contributed by atoms with E-state index in [4.69, 9.17) is 0 Å². The van der Waals surface area contributed by atoms with E-state index >= 15 is 0 Å². The Morgan fingerprint density at radius 2 is 0.708 bits per heavy atom. The molecule has 48 heavy (non-hydrogen) atoms. The summed E-state index contributed by atoms with van der Waals surface area (Å²) in [6.45, 7) is 4.08. The zero-order valence-corrected chi connectivity index (χ0v) is 27.1. The lowest BCUT2D eigenvalue weighted by molar-refractivity contribution is -0.128. The average molecular weight is 649 g/mol. The van der Waals surface area contributed by atoms with Gasteiger partial charge in [-0.15, -0.1) is 0 Å². The van der Waals surface area contributed by atoms with Crippen LogP contribution >= 0.6 is 0 Å². The molecule has 2 saturated heterocycles. The number of para-hydroxylation sites is 2. The predicted octanol–water partition coefficient (Wildman–Crippen LogP) is 6.99. The Balaban J connectivity index is 0.000000188. The number of phenols is 2. The van der Waals surface area contributed by atoms with Gasteiger partial charge in [-0.25, -0.2) is 20.0 Å². The molecular weight excluding hydrogens is 608 g/mol. The summed E-state index contributed by atoms with van der Waals surface area (Å²) in [5.74, 6) is -1.92. The largest absolute Gasteiger partial charge is 0.508 e. The van der Waals surface area contributed by atoms with E-state index in [2.05, 4.69) is 0 Å². The summed E-state index contributed by atoms with van der Waals surface area (Å²) in [5, 5.41) is 24.7. The highest BCUT2D eigenvalue weighted by atomic mass is 16.3. The Bertz CT molecular complexity index is 1590. The lowest BCUT2D eigenvalue weighted by Gasteiger charge is -2.27. The maximum atomic E-state index is 12.9. The Kier molecular flexibility index (Phi) is 10.7. The topological polar surface area (TPSA) is 122 Å². The molecule has 4 aromatic carbocycles. The second kappa shape index (κ2) is 15.3. The first-order valence-electron chi connectivity index (χ1n) is 16.3. The molecule has 248 valence electrons. The van der Waals surface area contributed by atoms with Crippen LogP contribution in [0.25, 0.3) is 0 Å². The number of benzene rings is 4. The van der Waals surface area contributed by atoms with Crippen molar-refractivity contribution in [2.75, 3.05) is 20.0 Å². The SMILES string of the molecule is CCCCC1C(=O)N(c2ccccc2)N(c2ccc(O)cc2)C1=O.CCCC[C@@H]1C(=O)N(c2ccccc2)N(c2ccc(O)cc2)C1=O. The van der Waals surface area contributed by atoms with Gasteiger partial charge in [-0.05, 0) is 85.6 Å². The van der Waals surface area contributed by atoms with E-state index in [0.717, 1.165) is 25.7 Å². The minimum Gasteiger partial charge on any atom is -0.508 e. The lowest BCUT2D eigenvalue weighted by Crippen LogP contribution is -2.41. The van der Waals surface area contributed by atoms with Crippen LogP contribution in [-0.4, -0.2) is 33.8 Å². The molecule has 0 spiro atoms. The summed E-state index contributed by atoms with van der Waals surface area (Å²) < 4.78 is 0. The Morgan fingerprint density at radius 3 is 0.979 bits per heavy atom. The summed E-state index contributed by atoms with van der Waals surface area (Å²) in [5.41, 5.74) is 2.44. The standard InChI is InChI=1S/2C19H20N2O3/c2*1-2-3-9-17-18(23)20(14-7-5-4-6-8-14)21(19(17)24)15-10-12-16(22)13-11-15/h2*4-8,10-13,17,22H,2-3,9H2,1H3/t17-;/m1./s1. The van der Waals surface area contributed by atoms with Crippen LogP contribution in [0.2, 0.25) is 0 Å². The van der Waals surface area contributed by atoms with Gasteiger partial charge in [0.1, 0.15) is 23.3 Å². The van der Waals surface area contributed by atoms with E-state index in [1.165, 1.54) is 44.3 Å². The second-order valence-electron chi connectivity index (χ2n) is 11.7. The van der Waals surface area contributed by atoms with E-state index in [1.807, 2.05) is 50.2 Å². The van der Waals surface area contributed by atoms with Gasteiger partial charge < -0.3 is 10.2 Å². The normalized spacial score (nSPS) is 17.6. The molecule has 2 aliphatic rings. The lowest BCUT2D eigenvalue weighted by atomic mass is 10.0. The van der Waals surface area contributed by atoms with E-state index in [-0.39, 0.29) is 35.1 Å². The van der Waals surface area contributed by atoms with Crippen LogP contribution in [0.15, 0.2) is 109 Å². The zero-order valence-electron chi connectivity index (χ0n) is 27.1. The number of anilines is 4. The first kappa shape index (κ1) is 33.7. The summed E-state index contributed by atoms with van der Waals surface area (Å²) in [6, 6.07) is 30.9. The molecule has 10 nitrogen and oxygen atoms in total. The molecule has 10 heteroatoms. The van der Waals surface area contributed by atoms with Crippen molar-refractivity contribution in [1.29, 1.82) is 0 Å². The van der Waals surface area contributed by atoms with Gasteiger partial charge in [0.2, 0.25) is 0 Å². The number of unbranched alkanes of at least 4 members (excludes halogenated alkanes) is 2. The third-order valence-corrected chi connectivity index (χ3v) is 8.31. The molecule has 1 unspecified atom stereocenters. The highest BCUT2D eigenvalue weighted by molar-refractivity contribution is 6.23. The van der Waals surface area contributed by atoms with Crippen molar-refractivity contribution in [3.05, 3.63) is 109 Å². The highest BCUT2D eigenvalue weighted by Gasteiger charge is 2.47. The summed E-state index contributed by atoms with van der Waals surface area (Å²) in [7, 11) is 0. The zero-order chi connectivity index (χ0) is 34.2. The van der Waals surface area contributed by atoms with Crippen LogP contribution in [0, 0.1) is 11.8 Å².